The molecule has 0 aliphatic heterocycles. The molecule has 0 N–H and O–H groups in total. The van der Waals surface area contributed by atoms with Gasteiger partial charge in [0.05, 0.1) is 12.1 Å². The Morgan fingerprint density at radius 2 is 0.925 bits per heavy atom. The lowest BCUT2D eigenvalue weighted by Gasteiger charge is -2.24. The smallest absolute Gasteiger partial charge is 0.262 e. The first-order valence-corrected chi connectivity index (χ1v) is 13.4. The number of imide groups is 1. The van der Waals surface area contributed by atoms with Crippen LogP contribution in [0.25, 0.3) is 43.1 Å². The summed E-state index contributed by atoms with van der Waals surface area (Å²) in [5.74, 6) is -0.620. The van der Waals surface area contributed by atoms with Crippen molar-refractivity contribution >= 4 is 54.9 Å². The van der Waals surface area contributed by atoms with Crippen molar-refractivity contribution < 1.29 is 9.59 Å². The fourth-order valence-electron chi connectivity index (χ4n) is 5.77. The van der Waals surface area contributed by atoms with Crippen LogP contribution in [0, 0.1) is 0 Å². The molecule has 0 spiro atoms. The van der Waals surface area contributed by atoms with Gasteiger partial charge in [0.15, 0.2) is 0 Å². The molecule has 3 nitrogen and oxygen atoms in total. The van der Waals surface area contributed by atoms with Crippen LogP contribution < -0.4 is 0 Å². The van der Waals surface area contributed by atoms with Gasteiger partial charge in [0, 0.05) is 5.56 Å². The summed E-state index contributed by atoms with van der Waals surface area (Å²) >= 11 is 0. The van der Waals surface area contributed by atoms with Gasteiger partial charge in [0.2, 0.25) is 0 Å². The van der Waals surface area contributed by atoms with E-state index in [0.29, 0.717) is 11.1 Å². The van der Waals surface area contributed by atoms with Crippen molar-refractivity contribution in [3.63, 3.8) is 0 Å². The number of rotatable bonds is 4. The van der Waals surface area contributed by atoms with E-state index in [1.165, 1.54) is 4.90 Å². The van der Waals surface area contributed by atoms with Crippen LogP contribution in [0.15, 0.2) is 140 Å². The van der Waals surface area contributed by atoms with E-state index in [1.807, 2.05) is 121 Å². The van der Waals surface area contributed by atoms with Gasteiger partial charge < -0.3 is 0 Å². The zero-order chi connectivity index (χ0) is 27.1. The first kappa shape index (κ1) is 23.8. The maximum Gasteiger partial charge on any atom is 0.262 e. The van der Waals surface area contributed by atoms with Gasteiger partial charge in [-0.1, -0.05) is 127 Å². The monoisotopic (exact) mass is 515 g/mol. The van der Waals surface area contributed by atoms with E-state index in [0.717, 1.165) is 48.7 Å². The number of carbonyl (C=O) groups is 2. The third kappa shape index (κ3) is 4.00. The number of benzene rings is 7. The Kier molecular flexibility index (Phi) is 5.83. The minimum Gasteiger partial charge on any atom is -0.270 e. The maximum absolute atomic E-state index is 14.8. The van der Waals surface area contributed by atoms with E-state index < -0.39 is 0 Å². The van der Waals surface area contributed by atoms with E-state index in [9.17, 15) is 9.59 Å². The van der Waals surface area contributed by atoms with Crippen molar-refractivity contribution in [1.29, 1.82) is 0 Å². The predicted octanol–water partition coefficient (Wildman–Crippen LogP) is 8.78. The second kappa shape index (κ2) is 9.79. The summed E-state index contributed by atoms with van der Waals surface area (Å²) in [4.78, 5) is 30.7. The van der Waals surface area contributed by atoms with Crippen LogP contribution in [0.2, 0.25) is 0 Å². The number of hydrogen-bond donors (Lipinski definition) is 0. The summed E-state index contributed by atoms with van der Waals surface area (Å²) in [5.41, 5.74) is 1.98. The third-order valence-electron chi connectivity index (χ3n) is 7.70. The highest BCUT2D eigenvalue weighted by Crippen LogP contribution is 2.32. The maximum atomic E-state index is 14.8. The Labute approximate surface area is 231 Å². The van der Waals surface area contributed by atoms with E-state index in [-0.39, 0.29) is 18.4 Å². The zero-order valence-electron chi connectivity index (χ0n) is 21.7. The van der Waals surface area contributed by atoms with Gasteiger partial charge in [-0.05, 0) is 60.8 Å². The molecular formula is C37H25NO2. The summed E-state index contributed by atoms with van der Waals surface area (Å²) in [6.45, 7) is 0.153. The lowest BCUT2D eigenvalue weighted by molar-refractivity contribution is 0.0608. The Bertz CT molecular complexity index is 2030. The molecule has 2 amide bonds. The van der Waals surface area contributed by atoms with Crippen LogP contribution in [0.1, 0.15) is 26.3 Å². The van der Waals surface area contributed by atoms with Crippen LogP contribution in [0.5, 0.6) is 0 Å². The second-order valence-corrected chi connectivity index (χ2v) is 10.1. The predicted molar refractivity (Wildman–Crippen MR) is 164 cm³/mol. The number of hydrogen-bond acceptors (Lipinski definition) is 2. The molecule has 0 fully saturated rings. The molecular weight excluding hydrogens is 490 g/mol. The van der Waals surface area contributed by atoms with E-state index in [2.05, 4.69) is 18.2 Å². The molecule has 40 heavy (non-hydrogen) atoms. The first-order valence-electron chi connectivity index (χ1n) is 13.4. The zero-order valence-corrected chi connectivity index (χ0v) is 21.7. The fraction of sp³-hybridized carbons (Fsp3) is 0.0270. The number of nitrogens with zero attached hydrogens (tertiary/aromatic N) is 1. The highest BCUT2D eigenvalue weighted by Gasteiger charge is 2.28. The van der Waals surface area contributed by atoms with Crippen molar-refractivity contribution in [3.8, 4) is 0 Å². The van der Waals surface area contributed by atoms with E-state index >= 15 is 0 Å². The summed E-state index contributed by atoms with van der Waals surface area (Å²) in [5, 5.41) is 7.48. The van der Waals surface area contributed by atoms with Gasteiger partial charge in [-0.25, -0.2) is 0 Å². The van der Waals surface area contributed by atoms with Gasteiger partial charge in [0.1, 0.15) is 0 Å². The second-order valence-electron chi connectivity index (χ2n) is 10.1. The summed E-state index contributed by atoms with van der Waals surface area (Å²) in [6, 6.07) is 45.5. The molecule has 0 heterocycles. The summed E-state index contributed by atoms with van der Waals surface area (Å²) < 4.78 is 0. The molecule has 0 aliphatic carbocycles. The van der Waals surface area contributed by atoms with Gasteiger partial charge in [-0.3, -0.25) is 14.5 Å². The minimum atomic E-state index is -0.313. The number of carbonyl (C=O) groups excluding carboxylic acids is 2. The first-order chi connectivity index (χ1) is 19.7. The van der Waals surface area contributed by atoms with Crippen molar-refractivity contribution in [2.45, 2.75) is 6.54 Å². The fourth-order valence-corrected chi connectivity index (χ4v) is 5.77. The third-order valence-corrected chi connectivity index (χ3v) is 7.70. The molecule has 0 bridgehead atoms. The van der Waals surface area contributed by atoms with Crippen molar-refractivity contribution in [2.75, 3.05) is 0 Å². The molecule has 7 rings (SSSR count). The normalized spacial score (nSPS) is 11.3. The van der Waals surface area contributed by atoms with Crippen LogP contribution in [0.3, 0.4) is 0 Å². The largest absolute Gasteiger partial charge is 0.270 e. The van der Waals surface area contributed by atoms with Gasteiger partial charge in [-0.2, -0.15) is 0 Å². The van der Waals surface area contributed by atoms with E-state index in [4.69, 9.17) is 0 Å². The van der Waals surface area contributed by atoms with E-state index in [1.54, 1.807) is 0 Å². The standard InChI is InChI=1S/C37H25NO2/c39-36(34-22-10-16-26-12-2-6-19-31(26)34)38(24-29-17-9-15-25-11-1-5-18-30(25)29)37(40)35-32-20-7-3-13-27(32)23-28-14-4-8-21-33(28)35/h1-23H,24H2. The van der Waals surface area contributed by atoms with Crippen molar-refractivity contribution in [1.82, 2.24) is 4.90 Å². The Hall–Kier alpha value is -5.28. The topological polar surface area (TPSA) is 37.4 Å². The molecule has 7 aromatic carbocycles. The molecule has 0 saturated carbocycles. The van der Waals surface area contributed by atoms with Gasteiger partial charge in [0.25, 0.3) is 11.8 Å². The van der Waals surface area contributed by atoms with Gasteiger partial charge in [-0.15, -0.1) is 0 Å². The quantitative estimate of drug-likeness (QED) is 0.174. The van der Waals surface area contributed by atoms with Crippen molar-refractivity contribution in [3.05, 3.63) is 156 Å². The molecule has 0 atom stereocenters. The Morgan fingerprint density at radius 3 is 1.57 bits per heavy atom. The molecule has 0 saturated heterocycles. The number of fused-ring (bicyclic) bond motifs is 4. The molecule has 0 aliphatic rings. The average molecular weight is 516 g/mol. The Balaban J connectivity index is 1.46. The van der Waals surface area contributed by atoms with Gasteiger partial charge >= 0.3 is 0 Å². The minimum absolute atomic E-state index is 0.153. The van der Waals surface area contributed by atoms with Crippen molar-refractivity contribution in [2.24, 2.45) is 0 Å². The lowest BCUT2D eigenvalue weighted by Crippen LogP contribution is -2.37. The van der Waals surface area contributed by atoms with Crippen LogP contribution in [0.4, 0.5) is 0 Å². The highest BCUT2D eigenvalue weighted by molar-refractivity contribution is 6.23. The molecule has 3 heteroatoms. The molecule has 0 unspecified atom stereocenters. The SMILES string of the molecule is O=C(c1cccc2ccccc12)N(Cc1cccc2ccccc12)C(=O)c1c2ccccc2cc2ccccc12. The molecule has 0 aromatic heterocycles. The summed E-state index contributed by atoms with van der Waals surface area (Å²) in [6.07, 6.45) is 0. The average Bonchev–Trinajstić information content (AvgIpc) is 3.01. The lowest BCUT2D eigenvalue weighted by atomic mass is 9.95. The number of amides is 2. The van der Waals surface area contributed by atoms with Crippen LogP contribution in [-0.2, 0) is 6.54 Å². The molecule has 0 radical (unpaired) electrons. The van der Waals surface area contributed by atoms with Crippen LogP contribution in [-0.4, -0.2) is 16.7 Å². The highest BCUT2D eigenvalue weighted by atomic mass is 16.2. The molecule has 190 valence electrons. The summed E-state index contributed by atoms with van der Waals surface area (Å²) in [7, 11) is 0. The molecule has 7 aromatic rings. The van der Waals surface area contributed by atoms with Crippen LogP contribution >= 0.6 is 0 Å². The Morgan fingerprint density at radius 1 is 0.450 bits per heavy atom.